The zero-order chi connectivity index (χ0) is 22.6. The molecule has 1 aliphatic heterocycles. The zero-order valence-electron chi connectivity index (χ0n) is 18.5. The fourth-order valence-corrected chi connectivity index (χ4v) is 5.37. The van der Waals surface area contributed by atoms with E-state index in [2.05, 4.69) is 0 Å². The molecule has 1 saturated heterocycles. The molecule has 3 rings (SSSR count). The Balaban J connectivity index is 1.66. The van der Waals surface area contributed by atoms with Crippen LogP contribution in [0.1, 0.15) is 25.3 Å². The Kier molecular flexibility index (Phi) is 7.23. The topological polar surface area (TPSA) is 76.2 Å². The molecule has 2 aromatic rings. The highest BCUT2D eigenvalue weighted by molar-refractivity contribution is 7.89. The Morgan fingerprint density at radius 2 is 1.87 bits per heavy atom. The van der Waals surface area contributed by atoms with Crippen LogP contribution >= 0.6 is 0 Å². The summed E-state index contributed by atoms with van der Waals surface area (Å²) in [6.07, 6.45) is 0.977. The van der Waals surface area contributed by atoms with Gasteiger partial charge in [0.15, 0.2) is 0 Å². The van der Waals surface area contributed by atoms with Crippen LogP contribution in [0, 0.1) is 12.8 Å². The standard InChI is InChI=1S/C23H30N2O5S/c1-5-30-22-10-9-21(15-17(22)2)31(27,28)25-13-11-18(12-14-25)23(26)24(3)19-7-6-8-20(16-19)29-4/h6-10,15-16,18H,5,11-14H2,1-4H3. The second-order valence-corrected chi connectivity index (χ2v) is 9.58. The first-order valence-corrected chi connectivity index (χ1v) is 11.9. The van der Waals surface area contributed by atoms with E-state index in [1.54, 1.807) is 37.3 Å². The van der Waals surface area contributed by atoms with Crippen LogP contribution in [0.2, 0.25) is 0 Å². The lowest BCUT2D eigenvalue weighted by Gasteiger charge is -2.32. The Bertz CT molecular complexity index is 1030. The monoisotopic (exact) mass is 446 g/mol. The van der Waals surface area contributed by atoms with Crippen molar-refractivity contribution in [2.75, 3.05) is 38.8 Å². The van der Waals surface area contributed by atoms with Gasteiger partial charge in [-0.25, -0.2) is 8.42 Å². The molecule has 1 aliphatic rings. The molecule has 0 aromatic heterocycles. The molecule has 0 aliphatic carbocycles. The van der Waals surface area contributed by atoms with Crippen molar-refractivity contribution >= 4 is 21.6 Å². The maximum Gasteiger partial charge on any atom is 0.243 e. The number of hydrogen-bond acceptors (Lipinski definition) is 5. The molecule has 8 heteroatoms. The fourth-order valence-electron chi connectivity index (χ4n) is 3.81. The van der Waals surface area contributed by atoms with Gasteiger partial charge in [-0.2, -0.15) is 4.31 Å². The van der Waals surface area contributed by atoms with Crippen LogP contribution in [-0.2, 0) is 14.8 Å². The first-order valence-electron chi connectivity index (χ1n) is 10.4. The Labute approximate surface area is 184 Å². The molecule has 0 bridgehead atoms. The normalized spacial score (nSPS) is 15.5. The average molecular weight is 447 g/mol. The molecule has 0 atom stereocenters. The van der Waals surface area contributed by atoms with Crippen LogP contribution < -0.4 is 14.4 Å². The molecule has 0 N–H and O–H groups in total. The van der Waals surface area contributed by atoms with E-state index in [4.69, 9.17) is 9.47 Å². The molecule has 31 heavy (non-hydrogen) atoms. The quantitative estimate of drug-likeness (QED) is 0.651. The minimum Gasteiger partial charge on any atom is -0.497 e. The first kappa shape index (κ1) is 23.1. The number of rotatable bonds is 7. The fraction of sp³-hybridized carbons (Fsp3) is 0.435. The van der Waals surface area contributed by atoms with Gasteiger partial charge in [-0.3, -0.25) is 4.79 Å². The van der Waals surface area contributed by atoms with Crippen molar-refractivity contribution in [2.45, 2.75) is 31.6 Å². The van der Waals surface area contributed by atoms with Crippen molar-refractivity contribution < 1.29 is 22.7 Å². The minimum absolute atomic E-state index is 0.0118. The summed E-state index contributed by atoms with van der Waals surface area (Å²) in [4.78, 5) is 14.8. The van der Waals surface area contributed by atoms with Crippen molar-refractivity contribution in [3.05, 3.63) is 48.0 Å². The van der Waals surface area contributed by atoms with Gasteiger partial charge in [-0.05, 0) is 62.6 Å². The van der Waals surface area contributed by atoms with Gasteiger partial charge >= 0.3 is 0 Å². The average Bonchev–Trinajstić information content (AvgIpc) is 2.79. The summed E-state index contributed by atoms with van der Waals surface area (Å²) in [5, 5.41) is 0. The highest BCUT2D eigenvalue weighted by atomic mass is 32.2. The van der Waals surface area contributed by atoms with Crippen LogP contribution in [0.5, 0.6) is 11.5 Å². The van der Waals surface area contributed by atoms with E-state index in [9.17, 15) is 13.2 Å². The number of piperidine rings is 1. The van der Waals surface area contributed by atoms with E-state index in [1.165, 1.54) is 4.31 Å². The van der Waals surface area contributed by atoms with Gasteiger partial charge in [0.25, 0.3) is 0 Å². The number of anilines is 1. The molecular formula is C23H30N2O5S. The van der Waals surface area contributed by atoms with Crippen molar-refractivity contribution in [3.8, 4) is 11.5 Å². The second kappa shape index (κ2) is 9.70. The molecule has 7 nitrogen and oxygen atoms in total. The zero-order valence-corrected chi connectivity index (χ0v) is 19.3. The number of aryl methyl sites for hydroxylation is 1. The van der Waals surface area contributed by atoms with Gasteiger partial charge in [0.1, 0.15) is 11.5 Å². The summed E-state index contributed by atoms with van der Waals surface area (Å²) < 4.78 is 38.4. The maximum absolute atomic E-state index is 13.1. The molecule has 0 unspecified atom stereocenters. The number of methoxy groups -OCH3 is 1. The number of sulfonamides is 1. The lowest BCUT2D eigenvalue weighted by atomic mass is 9.96. The molecule has 1 amide bonds. The molecule has 0 radical (unpaired) electrons. The number of amides is 1. The summed E-state index contributed by atoms with van der Waals surface area (Å²) in [5.74, 6) is 1.14. The largest absolute Gasteiger partial charge is 0.497 e. The van der Waals surface area contributed by atoms with E-state index in [0.29, 0.717) is 44.0 Å². The van der Waals surface area contributed by atoms with Gasteiger partial charge in [0, 0.05) is 37.8 Å². The number of nitrogens with zero attached hydrogens (tertiary/aromatic N) is 2. The first-order chi connectivity index (χ1) is 14.8. The summed E-state index contributed by atoms with van der Waals surface area (Å²) in [7, 11) is -0.285. The molecular weight excluding hydrogens is 416 g/mol. The number of ether oxygens (including phenoxy) is 2. The van der Waals surface area contributed by atoms with Gasteiger partial charge in [0.05, 0.1) is 18.6 Å². The third-order valence-electron chi connectivity index (χ3n) is 5.66. The predicted octanol–water partition coefficient (Wildman–Crippen LogP) is 3.47. The van der Waals surface area contributed by atoms with Crippen molar-refractivity contribution in [1.82, 2.24) is 4.31 Å². The highest BCUT2D eigenvalue weighted by Gasteiger charge is 2.33. The van der Waals surface area contributed by atoms with Crippen LogP contribution in [0.3, 0.4) is 0 Å². The van der Waals surface area contributed by atoms with E-state index < -0.39 is 10.0 Å². The Hall–Kier alpha value is -2.58. The smallest absolute Gasteiger partial charge is 0.243 e. The van der Waals surface area contributed by atoms with Crippen LogP contribution in [-0.4, -0.2) is 52.5 Å². The number of carbonyl (C=O) groups is 1. The Morgan fingerprint density at radius 3 is 2.48 bits per heavy atom. The third-order valence-corrected chi connectivity index (χ3v) is 7.55. The Morgan fingerprint density at radius 1 is 1.16 bits per heavy atom. The molecule has 1 heterocycles. The van der Waals surface area contributed by atoms with Gasteiger partial charge < -0.3 is 14.4 Å². The van der Waals surface area contributed by atoms with E-state index in [1.807, 2.05) is 38.1 Å². The van der Waals surface area contributed by atoms with Crippen LogP contribution in [0.15, 0.2) is 47.4 Å². The summed E-state index contributed by atoms with van der Waals surface area (Å²) >= 11 is 0. The summed E-state index contributed by atoms with van der Waals surface area (Å²) in [6, 6.07) is 12.3. The molecule has 2 aromatic carbocycles. The van der Waals surface area contributed by atoms with E-state index in [0.717, 1.165) is 11.3 Å². The summed E-state index contributed by atoms with van der Waals surface area (Å²) in [6.45, 7) is 4.89. The molecule has 0 spiro atoms. The van der Waals surface area contributed by atoms with Crippen LogP contribution in [0.25, 0.3) is 0 Å². The number of carbonyl (C=O) groups excluding carboxylic acids is 1. The van der Waals surface area contributed by atoms with Gasteiger partial charge in [-0.1, -0.05) is 6.07 Å². The lowest BCUT2D eigenvalue weighted by molar-refractivity contribution is -0.123. The van der Waals surface area contributed by atoms with Crippen molar-refractivity contribution in [2.24, 2.45) is 5.92 Å². The van der Waals surface area contributed by atoms with Gasteiger partial charge in [0.2, 0.25) is 15.9 Å². The van der Waals surface area contributed by atoms with Crippen molar-refractivity contribution in [1.29, 1.82) is 0 Å². The second-order valence-electron chi connectivity index (χ2n) is 7.64. The maximum atomic E-state index is 13.1. The number of hydrogen-bond donors (Lipinski definition) is 0. The minimum atomic E-state index is -3.61. The third kappa shape index (κ3) is 5.02. The number of benzene rings is 2. The molecule has 0 saturated carbocycles. The highest BCUT2D eigenvalue weighted by Crippen LogP contribution is 2.29. The summed E-state index contributed by atoms with van der Waals surface area (Å²) in [5.41, 5.74) is 1.54. The van der Waals surface area contributed by atoms with Gasteiger partial charge in [-0.15, -0.1) is 0 Å². The van der Waals surface area contributed by atoms with E-state index in [-0.39, 0.29) is 16.7 Å². The molecule has 168 valence electrons. The van der Waals surface area contributed by atoms with Crippen molar-refractivity contribution in [3.63, 3.8) is 0 Å². The SMILES string of the molecule is CCOc1ccc(S(=O)(=O)N2CCC(C(=O)N(C)c3cccc(OC)c3)CC2)cc1C. The predicted molar refractivity (Wildman–Crippen MR) is 120 cm³/mol. The van der Waals surface area contributed by atoms with E-state index >= 15 is 0 Å². The molecule has 1 fully saturated rings. The lowest BCUT2D eigenvalue weighted by Crippen LogP contribution is -2.43. The van der Waals surface area contributed by atoms with Crippen LogP contribution in [0.4, 0.5) is 5.69 Å².